The molecule has 0 bridgehead atoms. The summed E-state index contributed by atoms with van der Waals surface area (Å²) in [6.45, 7) is 2.09. The first-order chi connectivity index (χ1) is 9.76. The lowest BCUT2D eigenvalue weighted by Crippen LogP contribution is -1.89. The maximum atomic E-state index is 5.36. The first-order valence-corrected chi connectivity index (χ1v) is 7.46. The molecular weight excluding hydrogens is 268 g/mol. The molecule has 1 heterocycles. The van der Waals surface area contributed by atoms with Gasteiger partial charge in [0.2, 0.25) is 0 Å². The largest absolute Gasteiger partial charge is 0.496 e. The van der Waals surface area contributed by atoms with Crippen LogP contribution in [0.5, 0.6) is 5.75 Å². The van der Waals surface area contributed by atoms with Gasteiger partial charge in [-0.3, -0.25) is 0 Å². The Balaban J connectivity index is 1.79. The van der Waals surface area contributed by atoms with Crippen LogP contribution in [0.15, 0.2) is 47.6 Å². The second kappa shape index (κ2) is 5.59. The number of ether oxygens (including phenoxy) is 1. The number of fused-ring (bicyclic) bond motifs is 1. The van der Waals surface area contributed by atoms with Gasteiger partial charge in [0.15, 0.2) is 5.16 Å². The fourth-order valence-corrected chi connectivity index (χ4v) is 3.01. The molecule has 0 saturated heterocycles. The average molecular weight is 284 g/mol. The van der Waals surface area contributed by atoms with E-state index in [4.69, 9.17) is 4.74 Å². The maximum Gasteiger partial charge on any atom is 0.166 e. The van der Waals surface area contributed by atoms with Crippen LogP contribution in [-0.4, -0.2) is 17.1 Å². The minimum Gasteiger partial charge on any atom is -0.496 e. The van der Waals surface area contributed by atoms with E-state index in [2.05, 4.69) is 35.1 Å². The van der Waals surface area contributed by atoms with Crippen LogP contribution in [0, 0.1) is 6.92 Å². The third-order valence-corrected chi connectivity index (χ3v) is 4.09. The highest BCUT2D eigenvalue weighted by molar-refractivity contribution is 7.98. The van der Waals surface area contributed by atoms with Crippen LogP contribution < -0.4 is 4.74 Å². The summed E-state index contributed by atoms with van der Waals surface area (Å²) >= 11 is 1.69. The van der Waals surface area contributed by atoms with E-state index < -0.39 is 0 Å². The number of rotatable bonds is 4. The summed E-state index contributed by atoms with van der Waals surface area (Å²) in [6.07, 6.45) is 0. The topological polar surface area (TPSA) is 37.9 Å². The van der Waals surface area contributed by atoms with Crippen molar-refractivity contribution >= 4 is 22.8 Å². The number of imidazole rings is 1. The van der Waals surface area contributed by atoms with Gasteiger partial charge in [-0.25, -0.2) is 4.98 Å². The minimum atomic E-state index is 0.836. The molecule has 0 atom stereocenters. The van der Waals surface area contributed by atoms with Crippen molar-refractivity contribution in [1.82, 2.24) is 9.97 Å². The molecule has 4 heteroatoms. The number of H-pyrrole nitrogens is 1. The Labute approximate surface area is 122 Å². The fourth-order valence-electron chi connectivity index (χ4n) is 2.14. The SMILES string of the molecule is COc1ccccc1CSc1nc2ccc(C)cc2[nH]1. The van der Waals surface area contributed by atoms with E-state index in [1.54, 1.807) is 18.9 Å². The Morgan fingerprint density at radius 2 is 2.05 bits per heavy atom. The van der Waals surface area contributed by atoms with Gasteiger partial charge in [-0.15, -0.1) is 0 Å². The molecule has 3 aromatic rings. The Morgan fingerprint density at radius 1 is 1.20 bits per heavy atom. The quantitative estimate of drug-likeness (QED) is 0.731. The number of para-hydroxylation sites is 1. The van der Waals surface area contributed by atoms with Crippen molar-refractivity contribution in [2.24, 2.45) is 0 Å². The van der Waals surface area contributed by atoms with Gasteiger partial charge in [0.05, 0.1) is 18.1 Å². The molecule has 0 aliphatic rings. The lowest BCUT2D eigenvalue weighted by molar-refractivity contribution is 0.411. The van der Waals surface area contributed by atoms with E-state index in [1.165, 1.54) is 11.1 Å². The van der Waals surface area contributed by atoms with Crippen molar-refractivity contribution in [3.05, 3.63) is 53.6 Å². The fraction of sp³-hybridized carbons (Fsp3) is 0.188. The number of aromatic nitrogens is 2. The van der Waals surface area contributed by atoms with Crippen LogP contribution in [-0.2, 0) is 5.75 Å². The summed E-state index contributed by atoms with van der Waals surface area (Å²) in [6, 6.07) is 14.3. The van der Waals surface area contributed by atoms with Crippen LogP contribution in [0.1, 0.15) is 11.1 Å². The van der Waals surface area contributed by atoms with Gasteiger partial charge in [0.25, 0.3) is 0 Å². The first-order valence-electron chi connectivity index (χ1n) is 6.47. The molecule has 0 saturated carbocycles. The van der Waals surface area contributed by atoms with Crippen molar-refractivity contribution in [2.75, 3.05) is 7.11 Å². The molecule has 102 valence electrons. The molecule has 0 amide bonds. The Morgan fingerprint density at radius 3 is 2.90 bits per heavy atom. The molecule has 0 aliphatic heterocycles. The predicted octanol–water partition coefficient (Wildman–Crippen LogP) is 4.17. The van der Waals surface area contributed by atoms with Gasteiger partial charge < -0.3 is 9.72 Å². The minimum absolute atomic E-state index is 0.836. The molecule has 0 spiro atoms. The third-order valence-electron chi connectivity index (χ3n) is 3.17. The summed E-state index contributed by atoms with van der Waals surface area (Å²) in [5.74, 6) is 1.76. The van der Waals surface area contributed by atoms with Gasteiger partial charge in [-0.1, -0.05) is 36.0 Å². The normalized spacial score (nSPS) is 10.9. The molecule has 1 aromatic heterocycles. The van der Waals surface area contributed by atoms with Crippen molar-refractivity contribution in [3.8, 4) is 5.75 Å². The summed E-state index contributed by atoms with van der Waals surface area (Å²) in [5, 5.41) is 0.941. The number of aryl methyl sites for hydroxylation is 1. The average Bonchev–Trinajstić information content (AvgIpc) is 2.87. The molecule has 0 fully saturated rings. The molecule has 20 heavy (non-hydrogen) atoms. The second-order valence-electron chi connectivity index (χ2n) is 4.66. The molecule has 2 aromatic carbocycles. The van der Waals surface area contributed by atoms with E-state index >= 15 is 0 Å². The zero-order chi connectivity index (χ0) is 13.9. The Kier molecular flexibility index (Phi) is 3.65. The predicted molar refractivity (Wildman–Crippen MR) is 83.4 cm³/mol. The summed E-state index contributed by atoms with van der Waals surface area (Å²) < 4.78 is 5.36. The lowest BCUT2D eigenvalue weighted by atomic mass is 10.2. The van der Waals surface area contributed by atoms with E-state index in [1.807, 2.05) is 24.3 Å². The highest BCUT2D eigenvalue weighted by Crippen LogP contribution is 2.27. The Bertz CT molecular complexity index is 736. The summed E-state index contributed by atoms with van der Waals surface area (Å²) in [5.41, 5.74) is 4.52. The van der Waals surface area contributed by atoms with Crippen molar-refractivity contribution < 1.29 is 4.74 Å². The van der Waals surface area contributed by atoms with Gasteiger partial charge in [-0.2, -0.15) is 0 Å². The lowest BCUT2D eigenvalue weighted by Gasteiger charge is -2.06. The number of aromatic amines is 1. The molecule has 1 N–H and O–H groups in total. The standard InChI is InChI=1S/C16H16N2OS/c1-11-7-8-13-14(9-11)18-16(17-13)20-10-12-5-3-4-6-15(12)19-2/h3-9H,10H2,1-2H3,(H,17,18). The number of hydrogen-bond donors (Lipinski definition) is 1. The second-order valence-corrected chi connectivity index (χ2v) is 5.63. The van der Waals surface area contributed by atoms with E-state index in [-0.39, 0.29) is 0 Å². The monoisotopic (exact) mass is 284 g/mol. The zero-order valence-electron chi connectivity index (χ0n) is 11.5. The van der Waals surface area contributed by atoms with Crippen LogP contribution in [0.4, 0.5) is 0 Å². The molecule has 0 aliphatic carbocycles. The molecule has 3 nitrogen and oxygen atoms in total. The third kappa shape index (κ3) is 2.65. The summed E-state index contributed by atoms with van der Waals surface area (Å²) in [4.78, 5) is 7.95. The number of hydrogen-bond acceptors (Lipinski definition) is 3. The van der Waals surface area contributed by atoms with Crippen LogP contribution >= 0.6 is 11.8 Å². The number of nitrogens with one attached hydrogen (secondary N) is 1. The Hall–Kier alpha value is -1.94. The first kappa shape index (κ1) is 13.1. The van der Waals surface area contributed by atoms with Crippen molar-refractivity contribution in [1.29, 1.82) is 0 Å². The van der Waals surface area contributed by atoms with Crippen LogP contribution in [0.3, 0.4) is 0 Å². The number of methoxy groups -OCH3 is 1. The maximum absolute atomic E-state index is 5.36. The van der Waals surface area contributed by atoms with E-state index in [0.29, 0.717) is 0 Å². The van der Waals surface area contributed by atoms with Gasteiger partial charge >= 0.3 is 0 Å². The molecular formula is C16H16N2OS. The smallest absolute Gasteiger partial charge is 0.166 e. The summed E-state index contributed by atoms with van der Waals surface area (Å²) in [7, 11) is 1.70. The van der Waals surface area contributed by atoms with E-state index in [9.17, 15) is 0 Å². The molecule has 0 unspecified atom stereocenters. The van der Waals surface area contributed by atoms with E-state index in [0.717, 1.165) is 27.7 Å². The number of nitrogens with zero attached hydrogens (tertiary/aromatic N) is 1. The highest BCUT2D eigenvalue weighted by Gasteiger charge is 2.06. The molecule has 3 rings (SSSR count). The van der Waals surface area contributed by atoms with Gasteiger partial charge in [-0.05, 0) is 30.7 Å². The number of benzene rings is 2. The molecule has 0 radical (unpaired) electrons. The van der Waals surface area contributed by atoms with Gasteiger partial charge in [0, 0.05) is 11.3 Å². The number of thioether (sulfide) groups is 1. The van der Waals surface area contributed by atoms with Crippen LogP contribution in [0.2, 0.25) is 0 Å². The van der Waals surface area contributed by atoms with Crippen molar-refractivity contribution in [3.63, 3.8) is 0 Å². The highest BCUT2D eigenvalue weighted by atomic mass is 32.2. The van der Waals surface area contributed by atoms with Gasteiger partial charge in [0.1, 0.15) is 5.75 Å². The zero-order valence-corrected chi connectivity index (χ0v) is 12.3. The van der Waals surface area contributed by atoms with Crippen LogP contribution in [0.25, 0.3) is 11.0 Å². The van der Waals surface area contributed by atoms with Crippen molar-refractivity contribution in [2.45, 2.75) is 17.8 Å².